The fraction of sp³-hybridized carbons (Fsp3) is 0.684. The van der Waals surface area contributed by atoms with Gasteiger partial charge in [-0.1, -0.05) is 50.6 Å². The van der Waals surface area contributed by atoms with E-state index in [1.807, 2.05) is 0 Å². The van der Waals surface area contributed by atoms with Gasteiger partial charge in [0.2, 0.25) is 0 Å². The Morgan fingerprint density at radius 1 is 1.32 bits per heavy atom. The first-order valence-electron chi connectivity index (χ1n) is 7.88. The lowest BCUT2D eigenvalue weighted by Crippen LogP contribution is -2.37. The highest BCUT2D eigenvalue weighted by molar-refractivity contribution is 5.30. The molecule has 0 heterocycles. The standard InChI is InChI=1S/C19H30/c1-13(2)16-11-10-14(3)17(12-16)18-9-7-8-15(4)19(18,5)6/h8,12,14,17-18H,1,7,9-11H2,2-6H3. The van der Waals surface area contributed by atoms with E-state index in [1.54, 1.807) is 5.57 Å². The van der Waals surface area contributed by atoms with Gasteiger partial charge in [0.15, 0.2) is 0 Å². The van der Waals surface area contributed by atoms with Gasteiger partial charge in [-0.2, -0.15) is 0 Å². The Labute approximate surface area is 119 Å². The lowest BCUT2D eigenvalue weighted by Gasteiger charge is -2.46. The van der Waals surface area contributed by atoms with Crippen LogP contribution in [0, 0.1) is 23.2 Å². The lowest BCUT2D eigenvalue weighted by atomic mass is 9.59. The normalized spacial score (nSPS) is 34.5. The van der Waals surface area contributed by atoms with Crippen LogP contribution in [-0.2, 0) is 0 Å². The molecule has 2 aliphatic rings. The highest BCUT2D eigenvalue weighted by Crippen LogP contribution is 2.50. The average Bonchev–Trinajstić information content (AvgIpc) is 2.33. The van der Waals surface area contributed by atoms with Crippen molar-refractivity contribution in [3.05, 3.63) is 35.5 Å². The SMILES string of the molecule is C=C(C)C1=CC(C2CCC=C(C)C2(C)C)C(C)CC1. The van der Waals surface area contributed by atoms with Gasteiger partial charge in [0, 0.05) is 0 Å². The van der Waals surface area contributed by atoms with Crippen LogP contribution in [0.2, 0.25) is 0 Å². The molecule has 2 rings (SSSR count). The molecule has 0 heteroatoms. The van der Waals surface area contributed by atoms with Crippen molar-refractivity contribution in [2.45, 2.75) is 60.3 Å². The number of hydrogen-bond donors (Lipinski definition) is 0. The van der Waals surface area contributed by atoms with Crippen LogP contribution >= 0.6 is 0 Å². The van der Waals surface area contributed by atoms with E-state index in [-0.39, 0.29) is 0 Å². The van der Waals surface area contributed by atoms with Gasteiger partial charge in [0.25, 0.3) is 0 Å². The zero-order valence-electron chi connectivity index (χ0n) is 13.4. The summed E-state index contributed by atoms with van der Waals surface area (Å²) in [6.45, 7) is 16.0. The van der Waals surface area contributed by atoms with Gasteiger partial charge in [-0.25, -0.2) is 0 Å². The third-order valence-corrected chi connectivity index (χ3v) is 5.80. The first-order chi connectivity index (χ1) is 8.84. The van der Waals surface area contributed by atoms with Crippen molar-refractivity contribution in [2.75, 3.05) is 0 Å². The van der Waals surface area contributed by atoms with Gasteiger partial charge in [-0.05, 0) is 68.3 Å². The summed E-state index contributed by atoms with van der Waals surface area (Å²) in [5, 5.41) is 0. The molecule has 0 nitrogen and oxygen atoms in total. The highest BCUT2D eigenvalue weighted by Gasteiger charge is 2.40. The topological polar surface area (TPSA) is 0 Å². The quantitative estimate of drug-likeness (QED) is 0.539. The molecule has 0 N–H and O–H groups in total. The monoisotopic (exact) mass is 258 g/mol. The molecule has 0 saturated carbocycles. The van der Waals surface area contributed by atoms with E-state index in [0.29, 0.717) is 5.41 Å². The Balaban J connectivity index is 2.31. The summed E-state index contributed by atoms with van der Waals surface area (Å²) in [7, 11) is 0. The third-order valence-electron chi connectivity index (χ3n) is 5.80. The largest absolute Gasteiger partial charge is 0.0958 e. The minimum Gasteiger partial charge on any atom is -0.0958 e. The summed E-state index contributed by atoms with van der Waals surface area (Å²) < 4.78 is 0. The van der Waals surface area contributed by atoms with E-state index in [9.17, 15) is 0 Å². The minimum atomic E-state index is 0.352. The third kappa shape index (κ3) is 2.73. The van der Waals surface area contributed by atoms with Crippen LogP contribution < -0.4 is 0 Å². The lowest BCUT2D eigenvalue weighted by molar-refractivity contribution is 0.134. The molecule has 0 saturated heterocycles. The van der Waals surface area contributed by atoms with E-state index in [2.05, 4.69) is 53.3 Å². The molecule has 19 heavy (non-hydrogen) atoms. The molecular formula is C19H30. The molecule has 0 amide bonds. The van der Waals surface area contributed by atoms with E-state index >= 15 is 0 Å². The first kappa shape index (κ1) is 14.6. The van der Waals surface area contributed by atoms with Crippen LogP contribution in [0.1, 0.15) is 60.3 Å². The molecule has 0 aromatic heterocycles. The molecule has 0 radical (unpaired) electrons. The Bertz CT molecular complexity index is 419. The summed E-state index contributed by atoms with van der Waals surface area (Å²) >= 11 is 0. The molecular weight excluding hydrogens is 228 g/mol. The van der Waals surface area contributed by atoms with Gasteiger partial charge in [0.1, 0.15) is 0 Å². The molecule has 106 valence electrons. The molecule has 0 aromatic rings. The highest BCUT2D eigenvalue weighted by atomic mass is 14.4. The van der Waals surface area contributed by atoms with E-state index < -0.39 is 0 Å². The van der Waals surface area contributed by atoms with Gasteiger partial charge in [-0.15, -0.1) is 0 Å². The van der Waals surface area contributed by atoms with Gasteiger partial charge >= 0.3 is 0 Å². The van der Waals surface area contributed by atoms with Crippen molar-refractivity contribution < 1.29 is 0 Å². The maximum absolute atomic E-state index is 4.16. The smallest absolute Gasteiger partial charge is 0.0113 e. The zero-order chi connectivity index (χ0) is 14.2. The van der Waals surface area contributed by atoms with Crippen LogP contribution in [0.4, 0.5) is 0 Å². The Morgan fingerprint density at radius 2 is 2.00 bits per heavy atom. The molecule has 0 aromatic carbocycles. The van der Waals surface area contributed by atoms with Crippen LogP contribution in [0.15, 0.2) is 35.5 Å². The fourth-order valence-corrected chi connectivity index (χ4v) is 3.99. The number of allylic oxidation sites excluding steroid dienone is 5. The second-order valence-electron chi connectivity index (χ2n) is 7.36. The minimum absolute atomic E-state index is 0.352. The fourth-order valence-electron chi connectivity index (χ4n) is 3.99. The second kappa shape index (κ2) is 5.31. The van der Waals surface area contributed by atoms with Crippen molar-refractivity contribution in [1.29, 1.82) is 0 Å². The predicted octanol–water partition coefficient (Wildman–Crippen LogP) is 5.92. The number of hydrogen-bond acceptors (Lipinski definition) is 0. The zero-order valence-corrected chi connectivity index (χ0v) is 13.4. The molecule has 0 fully saturated rings. The predicted molar refractivity (Wildman–Crippen MR) is 85.0 cm³/mol. The average molecular weight is 258 g/mol. The van der Waals surface area contributed by atoms with Gasteiger partial charge < -0.3 is 0 Å². The van der Waals surface area contributed by atoms with Crippen molar-refractivity contribution in [3.63, 3.8) is 0 Å². The summed E-state index contributed by atoms with van der Waals surface area (Å²) in [5.41, 5.74) is 4.74. The molecule has 3 unspecified atom stereocenters. The summed E-state index contributed by atoms with van der Waals surface area (Å²) in [4.78, 5) is 0. The van der Waals surface area contributed by atoms with Crippen molar-refractivity contribution in [2.24, 2.45) is 23.2 Å². The molecule has 3 atom stereocenters. The summed E-state index contributed by atoms with van der Waals surface area (Å²) in [6, 6.07) is 0. The van der Waals surface area contributed by atoms with Gasteiger partial charge in [0.05, 0.1) is 0 Å². The summed E-state index contributed by atoms with van der Waals surface area (Å²) in [5.74, 6) is 2.35. The maximum atomic E-state index is 4.16. The van der Waals surface area contributed by atoms with Crippen molar-refractivity contribution in [3.8, 4) is 0 Å². The Morgan fingerprint density at radius 3 is 2.63 bits per heavy atom. The molecule has 0 bridgehead atoms. The van der Waals surface area contributed by atoms with Crippen molar-refractivity contribution >= 4 is 0 Å². The van der Waals surface area contributed by atoms with E-state index in [1.165, 1.54) is 36.8 Å². The van der Waals surface area contributed by atoms with Crippen LogP contribution in [0.25, 0.3) is 0 Å². The maximum Gasteiger partial charge on any atom is -0.0113 e. The molecule has 0 aliphatic heterocycles. The molecule has 2 aliphatic carbocycles. The Kier molecular flexibility index (Phi) is 4.08. The van der Waals surface area contributed by atoms with Crippen LogP contribution in [-0.4, -0.2) is 0 Å². The van der Waals surface area contributed by atoms with E-state index in [0.717, 1.165) is 17.8 Å². The first-order valence-corrected chi connectivity index (χ1v) is 7.88. The van der Waals surface area contributed by atoms with Crippen molar-refractivity contribution in [1.82, 2.24) is 0 Å². The number of rotatable bonds is 2. The van der Waals surface area contributed by atoms with Gasteiger partial charge in [-0.3, -0.25) is 0 Å². The summed E-state index contributed by atoms with van der Waals surface area (Å²) in [6.07, 6.45) is 10.2. The molecule has 0 spiro atoms. The van der Waals surface area contributed by atoms with Crippen LogP contribution in [0.3, 0.4) is 0 Å². The van der Waals surface area contributed by atoms with E-state index in [4.69, 9.17) is 0 Å². The van der Waals surface area contributed by atoms with Crippen LogP contribution in [0.5, 0.6) is 0 Å². The Hall–Kier alpha value is -0.780. The second-order valence-corrected chi connectivity index (χ2v) is 7.36.